The second-order valence-corrected chi connectivity index (χ2v) is 7.76. The largest absolute Gasteiger partial charge is 0.394 e. The van der Waals surface area contributed by atoms with Gasteiger partial charge in [-0.1, -0.05) is 90.4 Å². The Kier molecular flexibility index (Phi) is 26.2. The van der Waals surface area contributed by atoms with Gasteiger partial charge in [0.1, 0.15) is 6.10 Å². The first-order valence-corrected chi connectivity index (χ1v) is 11.0. The number of rotatable bonds is 19. The summed E-state index contributed by atoms with van der Waals surface area (Å²) in [4.78, 5) is 4.65. The van der Waals surface area contributed by atoms with Crippen molar-refractivity contribution in [1.82, 2.24) is 0 Å². The first-order chi connectivity index (χ1) is 11.3. The average Bonchev–Trinajstić information content (AvgIpc) is 2.58. The maximum atomic E-state index is 8.93. The lowest BCUT2D eigenvalue weighted by Crippen LogP contribution is -2.24. The lowest BCUT2D eigenvalue weighted by Gasteiger charge is -2.10. The summed E-state index contributed by atoms with van der Waals surface area (Å²) in [7, 11) is 0. The Morgan fingerprint density at radius 1 is 0.792 bits per heavy atom. The lowest BCUT2D eigenvalue weighted by molar-refractivity contribution is 0.0275. The zero-order chi connectivity index (χ0) is 17.0. The van der Waals surface area contributed by atoms with Crippen molar-refractivity contribution in [2.75, 3.05) is 18.1 Å². The van der Waals surface area contributed by atoms with Crippen LogP contribution in [0.1, 0.15) is 96.8 Å². The van der Waals surface area contributed by atoms with Crippen molar-refractivity contribution in [3.63, 3.8) is 0 Å². The van der Waals surface area contributed by atoms with Gasteiger partial charge in [0.2, 0.25) is 0 Å². The average molecular weight is 384 g/mol. The van der Waals surface area contributed by atoms with Gasteiger partial charge in [-0.3, -0.25) is 4.84 Å². The van der Waals surface area contributed by atoms with Crippen molar-refractivity contribution in [2.24, 2.45) is 5.90 Å². The maximum absolute atomic E-state index is 8.93. The van der Waals surface area contributed by atoms with Crippen LogP contribution in [-0.2, 0) is 4.84 Å². The van der Waals surface area contributed by atoms with E-state index in [1.165, 1.54) is 89.9 Å². The number of hydrogen-bond donors (Lipinski definition) is 2. The Labute approximate surface area is 161 Å². The number of unbranched alkanes of at least 4 members (excludes halogenated alkanes) is 13. The van der Waals surface area contributed by atoms with E-state index in [0.717, 1.165) is 11.5 Å². The number of nitrogens with two attached hydrogens (primary N) is 1. The van der Waals surface area contributed by atoms with Crippen LogP contribution < -0.4 is 5.90 Å². The van der Waals surface area contributed by atoms with Gasteiger partial charge >= 0.3 is 0 Å². The molecule has 1 unspecified atom stereocenters. The number of hydrogen-bond acceptors (Lipinski definition) is 4. The first kappa shape index (κ1) is 26.7. The number of halogens is 1. The van der Waals surface area contributed by atoms with Gasteiger partial charge in [-0.15, -0.1) is 12.4 Å². The predicted octanol–water partition coefficient (Wildman–Crippen LogP) is 5.87. The SMILES string of the molecule is CCCCCCCCCCCCCCCCSCC(CO)ON.Cl. The first-order valence-electron chi connectivity index (χ1n) is 9.89. The molecule has 0 aromatic carbocycles. The molecule has 0 bridgehead atoms. The molecular formula is C19H42ClNO2S. The third-order valence-corrected chi connectivity index (χ3v) is 5.53. The van der Waals surface area contributed by atoms with E-state index in [1.807, 2.05) is 11.8 Å². The minimum Gasteiger partial charge on any atom is -0.394 e. The molecule has 0 aliphatic rings. The summed E-state index contributed by atoms with van der Waals surface area (Å²) in [5.41, 5.74) is 0. The van der Waals surface area contributed by atoms with E-state index in [9.17, 15) is 0 Å². The summed E-state index contributed by atoms with van der Waals surface area (Å²) in [6.45, 7) is 2.30. The Bertz CT molecular complexity index is 220. The minimum absolute atomic E-state index is 0. The Morgan fingerprint density at radius 3 is 1.58 bits per heavy atom. The van der Waals surface area contributed by atoms with Gasteiger partial charge in [0.05, 0.1) is 6.61 Å². The van der Waals surface area contributed by atoms with E-state index in [1.54, 1.807) is 0 Å². The van der Waals surface area contributed by atoms with E-state index in [-0.39, 0.29) is 25.1 Å². The number of aliphatic hydroxyl groups is 1. The molecule has 0 aromatic heterocycles. The van der Waals surface area contributed by atoms with Crippen molar-refractivity contribution in [2.45, 2.75) is 103 Å². The van der Waals surface area contributed by atoms with Crippen molar-refractivity contribution >= 4 is 24.2 Å². The highest BCUT2D eigenvalue weighted by atomic mass is 35.5. The third kappa shape index (κ3) is 20.6. The fourth-order valence-electron chi connectivity index (χ4n) is 2.75. The standard InChI is InChI=1S/C19H41NO2S.ClH/c1-2-3-4-5-6-7-8-9-10-11-12-13-14-15-16-23-18-19(17-21)22-20;/h19,21H,2-18,20H2,1H3;1H. The fourth-order valence-corrected chi connectivity index (χ4v) is 3.77. The molecule has 24 heavy (non-hydrogen) atoms. The van der Waals surface area contributed by atoms with E-state index < -0.39 is 0 Å². The van der Waals surface area contributed by atoms with Gasteiger partial charge in [0.15, 0.2) is 0 Å². The molecule has 0 spiro atoms. The van der Waals surface area contributed by atoms with Crippen LogP contribution in [0.5, 0.6) is 0 Å². The van der Waals surface area contributed by atoms with Gasteiger partial charge in [0, 0.05) is 5.75 Å². The Balaban J connectivity index is 0. The topological polar surface area (TPSA) is 55.5 Å². The second kappa shape index (κ2) is 23.5. The van der Waals surface area contributed by atoms with Gasteiger partial charge in [-0.2, -0.15) is 11.8 Å². The smallest absolute Gasteiger partial charge is 0.111 e. The molecule has 1 atom stereocenters. The van der Waals surface area contributed by atoms with E-state index in [0.29, 0.717) is 0 Å². The highest BCUT2D eigenvalue weighted by Gasteiger charge is 2.05. The molecule has 0 fully saturated rings. The molecule has 148 valence electrons. The third-order valence-electron chi connectivity index (χ3n) is 4.34. The molecule has 0 saturated carbocycles. The van der Waals surface area contributed by atoms with Crippen LogP contribution in [0.4, 0.5) is 0 Å². The van der Waals surface area contributed by atoms with Crippen molar-refractivity contribution in [3.8, 4) is 0 Å². The summed E-state index contributed by atoms with van der Waals surface area (Å²) in [6, 6.07) is 0. The second-order valence-electron chi connectivity index (χ2n) is 6.61. The fraction of sp³-hybridized carbons (Fsp3) is 1.00. The van der Waals surface area contributed by atoms with Crippen LogP contribution in [0, 0.1) is 0 Å². The molecule has 3 N–H and O–H groups in total. The molecular weight excluding hydrogens is 342 g/mol. The molecule has 0 aliphatic heterocycles. The van der Waals surface area contributed by atoms with E-state index in [2.05, 4.69) is 11.8 Å². The van der Waals surface area contributed by atoms with Crippen molar-refractivity contribution in [1.29, 1.82) is 0 Å². The van der Waals surface area contributed by atoms with Crippen molar-refractivity contribution in [3.05, 3.63) is 0 Å². The molecule has 0 aromatic rings. The van der Waals surface area contributed by atoms with Crippen LogP contribution in [0.3, 0.4) is 0 Å². The van der Waals surface area contributed by atoms with Gasteiger partial charge in [0.25, 0.3) is 0 Å². The zero-order valence-electron chi connectivity index (χ0n) is 15.8. The molecule has 3 nitrogen and oxygen atoms in total. The van der Waals surface area contributed by atoms with E-state index in [4.69, 9.17) is 11.0 Å². The Hall–Kier alpha value is 0.520. The predicted molar refractivity (Wildman–Crippen MR) is 111 cm³/mol. The summed E-state index contributed by atoms with van der Waals surface area (Å²) in [5, 5.41) is 8.93. The molecule has 0 amide bonds. The maximum Gasteiger partial charge on any atom is 0.111 e. The molecule has 0 radical (unpaired) electrons. The number of thioether (sulfide) groups is 1. The van der Waals surface area contributed by atoms with E-state index >= 15 is 0 Å². The summed E-state index contributed by atoms with van der Waals surface area (Å²) < 4.78 is 0. The monoisotopic (exact) mass is 383 g/mol. The minimum atomic E-state index is -0.202. The summed E-state index contributed by atoms with van der Waals surface area (Å²) >= 11 is 1.83. The number of aliphatic hydroxyl groups excluding tert-OH is 1. The normalized spacial score (nSPS) is 12.1. The quantitative estimate of drug-likeness (QED) is 0.216. The van der Waals surface area contributed by atoms with Crippen LogP contribution in [-0.4, -0.2) is 29.3 Å². The lowest BCUT2D eigenvalue weighted by atomic mass is 10.0. The molecule has 0 saturated heterocycles. The zero-order valence-corrected chi connectivity index (χ0v) is 17.5. The summed E-state index contributed by atoms with van der Waals surface area (Å²) in [6.07, 6.45) is 19.4. The van der Waals surface area contributed by atoms with Crippen LogP contribution in [0.15, 0.2) is 0 Å². The van der Waals surface area contributed by atoms with Crippen molar-refractivity contribution < 1.29 is 9.94 Å². The van der Waals surface area contributed by atoms with Gasteiger partial charge in [-0.05, 0) is 12.2 Å². The highest BCUT2D eigenvalue weighted by Crippen LogP contribution is 2.14. The van der Waals surface area contributed by atoms with Crippen LogP contribution in [0.2, 0.25) is 0 Å². The Morgan fingerprint density at radius 2 is 1.21 bits per heavy atom. The summed E-state index contributed by atoms with van der Waals surface area (Å²) in [5.74, 6) is 7.02. The molecule has 0 rings (SSSR count). The molecule has 5 heteroatoms. The molecule has 0 aliphatic carbocycles. The van der Waals surface area contributed by atoms with Crippen LogP contribution >= 0.6 is 24.2 Å². The van der Waals surface area contributed by atoms with Gasteiger partial charge < -0.3 is 5.11 Å². The highest BCUT2D eigenvalue weighted by molar-refractivity contribution is 7.99. The van der Waals surface area contributed by atoms with Crippen LogP contribution in [0.25, 0.3) is 0 Å². The molecule has 0 heterocycles. The van der Waals surface area contributed by atoms with Gasteiger partial charge in [-0.25, -0.2) is 5.90 Å².